The summed E-state index contributed by atoms with van der Waals surface area (Å²) < 4.78 is 9.92. The fourth-order valence-corrected chi connectivity index (χ4v) is 1.91. The highest BCUT2D eigenvalue weighted by Gasteiger charge is 2.34. The second-order valence-electron chi connectivity index (χ2n) is 4.45. The van der Waals surface area contributed by atoms with E-state index in [1.165, 1.54) is 0 Å². The van der Waals surface area contributed by atoms with Gasteiger partial charge in [0.05, 0.1) is 13.2 Å². The number of esters is 2. The van der Waals surface area contributed by atoms with Crippen LogP contribution in [0.2, 0.25) is 0 Å². The van der Waals surface area contributed by atoms with Gasteiger partial charge in [-0.15, -0.1) is 0 Å². The molecule has 18 heavy (non-hydrogen) atoms. The van der Waals surface area contributed by atoms with Crippen molar-refractivity contribution in [2.45, 2.75) is 53.4 Å². The van der Waals surface area contributed by atoms with E-state index in [9.17, 15) is 9.59 Å². The number of hydrogen-bond donors (Lipinski definition) is 0. The molecule has 0 aromatic heterocycles. The summed E-state index contributed by atoms with van der Waals surface area (Å²) in [4.78, 5) is 23.6. The maximum Gasteiger partial charge on any atom is 0.320 e. The van der Waals surface area contributed by atoms with Crippen LogP contribution >= 0.6 is 0 Å². The Hall–Kier alpha value is -1.06. The van der Waals surface area contributed by atoms with Gasteiger partial charge in [-0.1, -0.05) is 33.1 Å². The van der Waals surface area contributed by atoms with Crippen molar-refractivity contribution < 1.29 is 19.1 Å². The molecule has 106 valence electrons. The maximum absolute atomic E-state index is 11.8. The molecule has 1 unspecified atom stereocenters. The quantitative estimate of drug-likeness (QED) is 0.362. The first-order chi connectivity index (χ1) is 8.58. The summed E-state index contributed by atoms with van der Waals surface area (Å²) in [6, 6.07) is 0. The van der Waals surface area contributed by atoms with Gasteiger partial charge < -0.3 is 9.47 Å². The van der Waals surface area contributed by atoms with Crippen LogP contribution in [0.1, 0.15) is 53.4 Å². The van der Waals surface area contributed by atoms with Crippen LogP contribution in [0.4, 0.5) is 0 Å². The smallest absolute Gasteiger partial charge is 0.320 e. The van der Waals surface area contributed by atoms with Crippen molar-refractivity contribution in [2.24, 2.45) is 11.8 Å². The van der Waals surface area contributed by atoms with Crippen LogP contribution in [0.3, 0.4) is 0 Å². The lowest BCUT2D eigenvalue weighted by atomic mass is 9.89. The van der Waals surface area contributed by atoms with Gasteiger partial charge in [-0.2, -0.15) is 0 Å². The Balaban J connectivity index is 4.53. The first-order valence-corrected chi connectivity index (χ1v) is 6.91. The van der Waals surface area contributed by atoms with E-state index in [0.29, 0.717) is 0 Å². The minimum absolute atomic E-state index is 0.0327. The molecule has 0 rings (SSSR count). The molecule has 0 radical (unpaired) electrons. The number of carbonyl (C=O) groups excluding carboxylic acids is 2. The van der Waals surface area contributed by atoms with Gasteiger partial charge in [-0.25, -0.2) is 0 Å². The summed E-state index contributed by atoms with van der Waals surface area (Å²) in [5, 5.41) is 0. The number of carbonyl (C=O) groups is 2. The normalized spacial score (nSPS) is 12.3. The fourth-order valence-electron chi connectivity index (χ4n) is 1.91. The van der Waals surface area contributed by atoms with E-state index in [0.717, 1.165) is 25.7 Å². The molecule has 0 saturated heterocycles. The van der Waals surface area contributed by atoms with E-state index in [1.54, 1.807) is 13.8 Å². The topological polar surface area (TPSA) is 52.6 Å². The van der Waals surface area contributed by atoms with Crippen LogP contribution in [-0.4, -0.2) is 25.2 Å². The van der Waals surface area contributed by atoms with Crippen LogP contribution < -0.4 is 0 Å². The third-order valence-electron chi connectivity index (χ3n) is 2.91. The predicted molar refractivity (Wildman–Crippen MR) is 70.1 cm³/mol. The third kappa shape index (κ3) is 6.03. The molecular formula is C14H26O4. The van der Waals surface area contributed by atoms with Crippen molar-refractivity contribution in [1.82, 2.24) is 0 Å². The summed E-state index contributed by atoms with van der Waals surface area (Å²) in [6.07, 6.45) is 4.10. The summed E-state index contributed by atoms with van der Waals surface area (Å²) in [5.74, 6) is -1.73. The molecule has 0 spiro atoms. The Bertz CT molecular complexity index is 232. The largest absolute Gasteiger partial charge is 0.465 e. The number of ether oxygens (including phenoxy) is 2. The Kier molecular flexibility index (Phi) is 9.33. The molecule has 0 aliphatic rings. The van der Waals surface area contributed by atoms with Crippen molar-refractivity contribution in [3.05, 3.63) is 0 Å². The minimum Gasteiger partial charge on any atom is -0.465 e. The van der Waals surface area contributed by atoms with Crippen molar-refractivity contribution in [1.29, 1.82) is 0 Å². The predicted octanol–water partition coefficient (Wildman–Crippen LogP) is 2.95. The lowest BCUT2D eigenvalue weighted by Gasteiger charge is -2.20. The first-order valence-electron chi connectivity index (χ1n) is 6.91. The van der Waals surface area contributed by atoms with Crippen LogP contribution in [0.5, 0.6) is 0 Å². The highest BCUT2D eigenvalue weighted by atomic mass is 16.6. The van der Waals surface area contributed by atoms with E-state index >= 15 is 0 Å². The lowest BCUT2D eigenvalue weighted by molar-refractivity contribution is -0.164. The van der Waals surface area contributed by atoms with E-state index in [1.807, 2.05) is 6.92 Å². The number of hydrogen-bond acceptors (Lipinski definition) is 4. The monoisotopic (exact) mass is 258 g/mol. The fraction of sp³-hybridized carbons (Fsp3) is 0.857. The summed E-state index contributed by atoms with van der Waals surface area (Å²) in [7, 11) is 0. The Morgan fingerprint density at radius 3 is 1.83 bits per heavy atom. The van der Waals surface area contributed by atoms with Crippen LogP contribution in [0.15, 0.2) is 0 Å². The first kappa shape index (κ1) is 16.9. The van der Waals surface area contributed by atoms with E-state index in [2.05, 4.69) is 6.92 Å². The molecule has 0 aliphatic heterocycles. The summed E-state index contributed by atoms with van der Waals surface area (Å²) >= 11 is 0. The van der Waals surface area contributed by atoms with Gasteiger partial charge in [-0.05, 0) is 26.2 Å². The van der Waals surface area contributed by atoms with Gasteiger partial charge in [0.25, 0.3) is 0 Å². The van der Waals surface area contributed by atoms with E-state index in [-0.39, 0.29) is 19.1 Å². The lowest BCUT2D eigenvalue weighted by Crippen LogP contribution is -2.33. The molecule has 0 amide bonds. The average molecular weight is 258 g/mol. The maximum atomic E-state index is 11.8. The Morgan fingerprint density at radius 2 is 1.44 bits per heavy atom. The highest BCUT2D eigenvalue weighted by molar-refractivity contribution is 5.95. The van der Waals surface area contributed by atoms with E-state index in [4.69, 9.17) is 9.47 Å². The molecule has 0 bridgehead atoms. The summed E-state index contributed by atoms with van der Waals surface area (Å²) in [5.41, 5.74) is 0. The average Bonchev–Trinajstić information content (AvgIpc) is 2.30. The molecule has 0 saturated carbocycles. The second-order valence-corrected chi connectivity index (χ2v) is 4.45. The third-order valence-corrected chi connectivity index (χ3v) is 2.91. The molecule has 0 aliphatic carbocycles. The zero-order valence-corrected chi connectivity index (χ0v) is 12.0. The van der Waals surface area contributed by atoms with Crippen LogP contribution in [0.25, 0.3) is 0 Å². The van der Waals surface area contributed by atoms with Crippen molar-refractivity contribution in [3.8, 4) is 0 Å². The molecule has 4 nitrogen and oxygen atoms in total. The van der Waals surface area contributed by atoms with Gasteiger partial charge in [0, 0.05) is 0 Å². The summed E-state index contributed by atoms with van der Waals surface area (Å²) in [6.45, 7) is 8.09. The molecule has 0 heterocycles. The van der Waals surface area contributed by atoms with Crippen LogP contribution in [0, 0.1) is 11.8 Å². The van der Waals surface area contributed by atoms with Gasteiger partial charge in [0.2, 0.25) is 0 Å². The van der Waals surface area contributed by atoms with Gasteiger partial charge in [0.1, 0.15) is 0 Å². The number of unbranched alkanes of at least 4 members (excludes halogenated alkanes) is 2. The zero-order valence-electron chi connectivity index (χ0n) is 12.0. The van der Waals surface area contributed by atoms with Crippen molar-refractivity contribution >= 4 is 11.9 Å². The zero-order chi connectivity index (χ0) is 14.0. The molecule has 0 aromatic carbocycles. The van der Waals surface area contributed by atoms with E-state index < -0.39 is 17.9 Å². The molecule has 0 N–H and O–H groups in total. The van der Waals surface area contributed by atoms with Gasteiger partial charge >= 0.3 is 11.9 Å². The number of rotatable bonds is 9. The molecule has 0 aromatic rings. The molecular weight excluding hydrogens is 232 g/mol. The van der Waals surface area contributed by atoms with Crippen molar-refractivity contribution in [3.63, 3.8) is 0 Å². The van der Waals surface area contributed by atoms with Crippen molar-refractivity contribution in [2.75, 3.05) is 13.2 Å². The van der Waals surface area contributed by atoms with Gasteiger partial charge in [-0.3, -0.25) is 9.59 Å². The van der Waals surface area contributed by atoms with Crippen LogP contribution in [-0.2, 0) is 19.1 Å². The minimum atomic E-state index is -0.776. The molecule has 1 atom stereocenters. The SMILES string of the molecule is CCCCCC(C)C(C(=O)OCC)C(=O)OCC. The highest BCUT2D eigenvalue weighted by Crippen LogP contribution is 2.22. The second kappa shape index (κ2) is 9.92. The molecule has 4 heteroatoms. The standard InChI is InChI=1S/C14H26O4/c1-5-8-9-10-11(4)12(13(15)17-6-2)14(16)18-7-3/h11-12H,5-10H2,1-4H3. The Morgan fingerprint density at radius 1 is 0.944 bits per heavy atom. The Labute approximate surface area is 110 Å². The molecule has 0 fully saturated rings. The van der Waals surface area contributed by atoms with Gasteiger partial charge in [0.15, 0.2) is 5.92 Å².